The van der Waals surface area contributed by atoms with Crippen LogP contribution in [-0.2, 0) is 0 Å². The van der Waals surface area contributed by atoms with Crippen molar-refractivity contribution < 1.29 is 9.53 Å². The van der Waals surface area contributed by atoms with E-state index < -0.39 is 6.09 Å². The van der Waals surface area contributed by atoms with Gasteiger partial charge in [-0.2, -0.15) is 0 Å². The first-order valence-corrected chi connectivity index (χ1v) is 6.79. The van der Waals surface area contributed by atoms with Crippen LogP contribution in [0.15, 0.2) is 54.6 Å². The van der Waals surface area contributed by atoms with Gasteiger partial charge in [-0.15, -0.1) is 0 Å². The summed E-state index contributed by atoms with van der Waals surface area (Å²) in [5.74, 6) is 0.545. The highest BCUT2D eigenvalue weighted by Gasteiger charge is 2.13. The van der Waals surface area contributed by atoms with Crippen LogP contribution in [0.3, 0.4) is 0 Å². The molecule has 2 aromatic rings. The number of nitrogens with one attached hydrogen (secondary N) is 1. The van der Waals surface area contributed by atoms with Gasteiger partial charge < -0.3 is 10.1 Å². The van der Waals surface area contributed by atoms with Gasteiger partial charge in [0.25, 0.3) is 0 Å². The molecule has 0 fully saturated rings. The zero-order chi connectivity index (χ0) is 14.4. The van der Waals surface area contributed by atoms with Crippen LogP contribution in [0.5, 0.6) is 5.75 Å². The van der Waals surface area contributed by atoms with E-state index in [1.807, 2.05) is 56.3 Å². The van der Waals surface area contributed by atoms with Crippen LogP contribution < -0.4 is 10.1 Å². The number of benzene rings is 2. The van der Waals surface area contributed by atoms with Crippen molar-refractivity contribution in [3.05, 3.63) is 65.7 Å². The van der Waals surface area contributed by atoms with E-state index in [-0.39, 0.29) is 6.04 Å². The minimum absolute atomic E-state index is 0.0354. The van der Waals surface area contributed by atoms with Gasteiger partial charge in [0.15, 0.2) is 0 Å². The Bertz CT molecular complexity index is 549. The summed E-state index contributed by atoms with van der Waals surface area (Å²) in [6, 6.07) is 17.2. The minimum atomic E-state index is -0.427. The van der Waals surface area contributed by atoms with E-state index in [9.17, 15) is 4.79 Å². The standard InChI is InChI=1S/C17H19NO2/c1-3-16(14-11-9-13(2)10-12-14)18-17(19)20-15-7-5-4-6-8-15/h4-12,16H,3H2,1-2H3,(H,18,19). The van der Waals surface area contributed by atoms with Gasteiger partial charge >= 0.3 is 6.09 Å². The number of para-hydroxylation sites is 1. The van der Waals surface area contributed by atoms with Crippen molar-refractivity contribution in [3.8, 4) is 5.75 Å². The largest absolute Gasteiger partial charge is 0.413 e. The Balaban J connectivity index is 1.99. The van der Waals surface area contributed by atoms with Gasteiger partial charge in [0.2, 0.25) is 0 Å². The van der Waals surface area contributed by atoms with Crippen molar-refractivity contribution in [3.63, 3.8) is 0 Å². The van der Waals surface area contributed by atoms with Gasteiger partial charge in [0, 0.05) is 0 Å². The number of carbonyl (C=O) groups is 1. The summed E-state index contributed by atoms with van der Waals surface area (Å²) in [6.07, 6.45) is 0.385. The highest BCUT2D eigenvalue weighted by molar-refractivity contribution is 5.70. The summed E-state index contributed by atoms with van der Waals surface area (Å²) in [5, 5.41) is 2.89. The molecule has 0 aliphatic rings. The maximum Gasteiger partial charge on any atom is 0.413 e. The zero-order valence-corrected chi connectivity index (χ0v) is 11.8. The fourth-order valence-electron chi connectivity index (χ4n) is 1.99. The van der Waals surface area contributed by atoms with Crippen molar-refractivity contribution >= 4 is 6.09 Å². The predicted molar refractivity (Wildman–Crippen MR) is 79.8 cm³/mol. The minimum Gasteiger partial charge on any atom is -0.410 e. The zero-order valence-electron chi connectivity index (χ0n) is 11.8. The molecule has 1 atom stereocenters. The third kappa shape index (κ3) is 3.85. The summed E-state index contributed by atoms with van der Waals surface area (Å²) < 4.78 is 5.24. The molecule has 0 aliphatic heterocycles. The second kappa shape index (κ2) is 6.75. The van der Waals surface area contributed by atoms with E-state index in [0.29, 0.717) is 5.75 Å². The van der Waals surface area contributed by atoms with Crippen LogP contribution in [0.25, 0.3) is 0 Å². The van der Waals surface area contributed by atoms with Gasteiger partial charge in [-0.25, -0.2) is 4.79 Å². The topological polar surface area (TPSA) is 38.3 Å². The number of hydrogen-bond donors (Lipinski definition) is 1. The lowest BCUT2D eigenvalue weighted by Crippen LogP contribution is -2.30. The SMILES string of the molecule is CCC(NC(=O)Oc1ccccc1)c1ccc(C)cc1. The first-order valence-electron chi connectivity index (χ1n) is 6.79. The predicted octanol–water partition coefficient (Wildman–Crippen LogP) is 4.23. The molecule has 0 heterocycles. The Morgan fingerprint density at radius 1 is 1.10 bits per heavy atom. The van der Waals surface area contributed by atoms with E-state index >= 15 is 0 Å². The highest BCUT2D eigenvalue weighted by Crippen LogP contribution is 2.18. The Labute approximate surface area is 119 Å². The number of ether oxygens (including phenoxy) is 1. The first kappa shape index (κ1) is 14.1. The molecule has 2 aromatic carbocycles. The molecule has 104 valence electrons. The van der Waals surface area contributed by atoms with Crippen molar-refractivity contribution in [2.75, 3.05) is 0 Å². The van der Waals surface area contributed by atoms with Gasteiger partial charge in [-0.05, 0) is 31.0 Å². The molecule has 0 bridgehead atoms. The lowest BCUT2D eigenvalue weighted by molar-refractivity contribution is 0.195. The smallest absolute Gasteiger partial charge is 0.410 e. The first-order chi connectivity index (χ1) is 9.69. The molecule has 0 aromatic heterocycles. The monoisotopic (exact) mass is 269 g/mol. The lowest BCUT2D eigenvalue weighted by atomic mass is 10.0. The molecule has 0 saturated carbocycles. The van der Waals surface area contributed by atoms with Crippen molar-refractivity contribution in [2.24, 2.45) is 0 Å². The third-order valence-corrected chi connectivity index (χ3v) is 3.13. The molecule has 3 heteroatoms. The molecule has 1 amide bonds. The van der Waals surface area contributed by atoms with E-state index in [1.54, 1.807) is 12.1 Å². The van der Waals surface area contributed by atoms with Crippen LogP contribution in [-0.4, -0.2) is 6.09 Å². The Kier molecular flexibility index (Phi) is 4.77. The van der Waals surface area contributed by atoms with Crippen molar-refractivity contribution in [1.82, 2.24) is 5.32 Å². The van der Waals surface area contributed by atoms with Crippen molar-refractivity contribution in [2.45, 2.75) is 26.3 Å². The van der Waals surface area contributed by atoms with E-state index in [1.165, 1.54) is 5.56 Å². The van der Waals surface area contributed by atoms with E-state index in [0.717, 1.165) is 12.0 Å². The molecule has 0 radical (unpaired) electrons. The Hall–Kier alpha value is -2.29. The van der Waals surface area contributed by atoms with E-state index in [2.05, 4.69) is 5.32 Å². The Morgan fingerprint density at radius 3 is 2.35 bits per heavy atom. The Morgan fingerprint density at radius 2 is 1.75 bits per heavy atom. The molecule has 1 N–H and O–H groups in total. The molecule has 3 nitrogen and oxygen atoms in total. The number of amides is 1. The molecule has 2 rings (SSSR count). The average molecular weight is 269 g/mol. The number of rotatable bonds is 4. The maximum absolute atomic E-state index is 11.9. The summed E-state index contributed by atoms with van der Waals surface area (Å²) in [5.41, 5.74) is 2.29. The molecular weight excluding hydrogens is 250 g/mol. The van der Waals surface area contributed by atoms with Crippen LogP contribution in [0.1, 0.15) is 30.5 Å². The second-order valence-electron chi connectivity index (χ2n) is 4.72. The van der Waals surface area contributed by atoms with Crippen LogP contribution in [0.4, 0.5) is 4.79 Å². The number of aryl methyl sites for hydroxylation is 1. The number of carbonyl (C=O) groups excluding carboxylic acids is 1. The summed E-state index contributed by atoms with van der Waals surface area (Å²) in [6.45, 7) is 4.08. The van der Waals surface area contributed by atoms with Crippen molar-refractivity contribution in [1.29, 1.82) is 0 Å². The third-order valence-electron chi connectivity index (χ3n) is 3.13. The van der Waals surface area contributed by atoms with Crippen LogP contribution in [0.2, 0.25) is 0 Å². The number of hydrogen-bond acceptors (Lipinski definition) is 2. The van der Waals surface area contributed by atoms with Crippen LogP contribution in [0, 0.1) is 6.92 Å². The summed E-state index contributed by atoms with van der Waals surface area (Å²) in [4.78, 5) is 11.9. The molecular formula is C17H19NO2. The van der Waals surface area contributed by atoms with Crippen LogP contribution >= 0.6 is 0 Å². The molecule has 0 spiro atoms. The fourth-order valence-corrected chi connectivity index (χ4v) is 1.99. The maximum atomic E-state index is 11.9. The highest BCUT2D eigenvalue weighted by atomic mass is 16.6. The normalized spacial score (nSPS) is 11.7. The lowest BCUT2D eigenvalue weighted by Gasteiger charge is -2.17. The summed E-state index contributed by atoms with van der Waals surface area (Å²) >= 11 is 0. The quantitative estimate of drug-likeness (QED) is 0.901. The second-order valence-corrected chi connectivity index (χ2v) is 4.72. The van der Waals surface area contributed by atoms with Gasteiger partial charge in [-0.1, -0.05) is 55.0 Å². The molecule has 0 aliphatic carbocycles. The summed E-state index contributed by atoms with van der Waals surface area (Å²) in [7, 11) is 0. The fraction of sp³-hybridized carbons (Fsp3) is 0.235. The average Bonchev–Trinajstić information content (AvgIpc) is 2.47. The van der Waals surface area contributed by atoms with Gasteiger partial charge in [0.1, 0.15) is 5.75 Å². The van der Waals surface area contributed by atoms with Gasteiger partial charge in [-0.3, -0.25) is 0 Å². The molecule has 0 saturated heterocycles. The molecule has 20 heavy (non-hydrogen) atoms. The van der Waals surface area contributed by atoms with E-state index in [4.69, 9.17) is 4.74 Å². The van der Waals surface area contributed by atoms with Gasteiger partial charge in [0.05, 0.1) is 6.04 Å². The molecule has 1 unspecified atom stereocenters.